The molecule has 0 aliphatic rings. The molecule has 0 bridgehead atoms. The summed E-state index contributed by atoms with van der Waals surface area (Å²) in [6, 6.07) is 25.7. The second-order valence-electron chi connectivity index (χ2n) is 9.80. The van der Waals surface area contributed by atoms with Gasteiger partial charge in [0.15, 0.2) is 0 Å². The van der Waals surface area contributed by atoms with E-state index in [1.165, 1.54) is 87.9 Å². The SMILES string of the molecule is CCCCCCC[CH2][Al+2].CC[N-]c1c(CC)ccc2ccccc12.CC[N-]c1c(CC)ccc2ccccc12. The van der Waals surface area contributed by atoms with Gasteiger partial charge in [-0.1, -0.05) is 112 Å². The summed E-state index contributed by atoms with van der Waals surface area (Å²) < 4.78 is 0. The number of aryl methyl sites for hydroxylation is 2. The summed E-state index contributed by atoms with van der Waals surface area (Å²) in [6.07, 6.45) is 10.6. The van der Waals surface area contributed by atoms with Crippen molar-refractivity contribution in [1.29, 1.82) is 0 Å². The topological polar surface area (TPSA) is 28.2 Å². The first-order chi connectivity index (χ1) is 19.1. The minimum atomic E-state index is 0.848. The van der Waals surface area contributed by atoms with Crippen LogP contribution in [0.2, 0.25) is 5.28 Å². The number of unbranched alkanes of at least 4 members (excludes halogenated alkanes) is 5. The zero-order chi connectivity index (χ0) is 28.3. The Bertz CT molecular complexity index is 1120. The molecule has 0 fully saturated rings. The fraction of sp³-hybridized carbons (Fsp3) is 0.444. The van der Waals surface area contributed by atoms with Gasteiger partial charge in [0, 0.05) is 0 Å². The van der Waals surface area contributed by atoms with Crippen LogP contribution in [0.5, 0.6) is 0 Å². The second-order valence-corrected chi connectivity index (χ2v) is 10.4. The third-order valence-corrected chi connectivity index (χ3v) is 7.33. The Hall–Kier alpha value is -2.47. The quantitative estimate of drug-likeness (QED) is 0.127. The monoisotopic (exact) mass is 536 g/mol. The molecule has 4 aromatic carbocycles. The molecule has 4 rings (SSSR count). The van der Waals surface area contributed by atoms with Crippen LogP contribution in [0.4, 0.5) is 11.4 Å². The zero-order valence-corrected chi connectivity index (χ0v) is 26.3. The molecular formula is C36H49AlN2. The number of benzene rings is 4. The summed E-state index contributed by atoms with van der Waals surface area (Å²) in [6.45, 7) is 12.5. The van der Waals surface area contributed by atoms with Crippen LogP contribution in [-0.4, -0.2) is 29.4 Å². The molecule has 0 spiro atoms. The molecule has 39 heavy (non-hydrogen) atoms. The minimum Gasteiger partial charge on any atom is -0.684 e. The number of hydrogen-bond donors (Lipinski definition) is 0. The van der Waals surface area contributed by atoms with E-state index in [1.807, 2.05) is 0 Å². The van der Waals surface area contributed by atoms with Gasteiger partial charge in [0.1, 0.15) is 0 Å². The molecule has 0 heterocycles. The standard InChI is InChI=1S/2C14H16N.C8H17.Al/c2*1-3-11-9-10-12-7-5-6-8-13(12)14(11)15-4-2;1-3-5-7-8-6-4-2;/h2*5-10H,3-4H2,1-2H3;1,3-8H2,2H3;/q2*-1;;+2. The molecule has 2 nitrogen and oxygen atoms in total. The van der Waals surface area contributed by atoms with Gasteiger partial charge in [0.2, 0.25) is 0 Å². The average molecular weight is 537 g/mol. The van der Waals surface area contributed by atoms with E-state index in [-0.39, 0.29) is 0 Å². The van der Waals surface area contributed by atoms with Crippen molar-refractivity contribution in [3.63, 3.8) is 0 Å². The van der Waals surface area contributed by atoms with Gasteiger partial charge >= 0.3 is 67.0 Å². The Morgan fingerprint density at radius 3 is 1.36 bits per heavy atom. The van der Waals surface area contributed by atoms with Crippen LogP contribution in [0.15, 0.2) is 72.8 Å². The fourth-order valence-electron chi connectivity index (χ4n) is 4.79. The first kappa shape index (κ1) is 32.7. The van der Waals surface area contributed by atoms with Gasteiger partial charge in [-0.2, -0.15) is 0 Å². The van der Waals surface area contributed by atoms with Crippen molar-refractivity contribution in [2.75, 3.05) is 13.1 Å². The average Bonchev–Trinajstić information content (AvgIpc) is 2.98. The van der Waals surface area contributed by atoms with Crippen LogP contribution in [-0.2, 0) is 12.8 Å². The van der Waals surface area contributed by atoms with Crippen LogP contribution in [0.25, 0.3) is 32.2 Å². The van der Waals surface area contributed by atoms with E-state index in [2.05, 4.69) is 134 Å². The Balaban J connectivity index is 0.000000213. The van der Waals surface area contributed by atoms with E-state index in [1.54, 1.807) is 0 Å². The van der Waals surface area contributed by atoms with E-state index >= 15 is 0 Å². The number of fused-ring (bicyclic) bond motifs is 2. The van der Waals surface area contributed by atoms with Crippen LogP contribution < -0.4 is 0 Å². The second kappa shape index (κ2) is 19.6. The molecule has 0 saturated heterocycles. The van der Waals surface area contributed by atoms with Crippen LogP contribution in [0, 0.1) is 0 Å². The first-order valence-electron chi connectivity index (χ1n) is 15.2. The largest absolute Gasteiger partial charge is 0.684 e. The van der Waals surface area contributed by atoms with E-state index in [9.17, 15) is 0 Å². The molecule has 206 valence electrons. The van der Waals surface area contributed by atoms with Gasteiger partial charge in [-0.05, 0) is 34.4 Å². The van der Waals surface area contributed by atoms with Gasteiger partial charge in [0.25, 0.3) is 0 Å². The smallest absolute Gasteiger partial charge is 0.0196 e. The van der Waals surface area contributed by atoms with E-state index in [0.29, 0.717) is 0 Å². The zero-order valence-electron chi connectivity index (χ0n) is 25.2. The molecular weight excluding hydrogens is 487 g/mol. The van der Waals surface area contributed by atoms with Crippen molar-refractivity contribution in [2.45, 2.75) is 91.3 Å². The summed E-state index contributed by atoms with van der Waals surface area (Å²) in [5.41, 5.74) is 5.04. The molecule has 0 saturated carbocycles. The van der Waals surface area contributed by atoms with Crippen molar-refractivity contribution in [3.8, 4) is 0 Å². The molecule has 0 unspecified atom stereocenters. The van der Waals surface area contributed by atoms with Crippen LogP contribution in [0.1, 0.15) is 84.3 Å². The van der Waals surface area contributed by atoms with Crippen LogP contribution >= 0.6 is 0 Å². The number of hydrogen-bond acceptors (Lipinski definition) is 0. The molecule has 4 aromatic rings. The molecule has 0 N–H and O–H groups in total. The summed E-state index contributed by atoms with van der Waals surface area (Å²) in [5.74, 6) is 0. The van der Waals surface area contributed by atoms with Crippen LogP contribution in [0.3, 0.4) is 0 Å². The summed E-state index contributed by atoms with van der Waals surface area (Å²) >= 11 is 2.78. The third kappa shape index (κ3) is 10.6. The van der Waals surface area contributed by atoms with Crippen molar-refractivity contribution in [3.05, 3.63) is 94.6 Å². The number of nitrogens with zero attached hydrogens (tertiary/aromatic N) is 2. The molecule has 0 aliphatic heterocycles. The normalized spacial score (nSPS) is 10.4. The molecule has 0 radical (unpaired) electrons. The van der Waals surface area contributed by atoms with Gasteiger partial charge in [-0.25, -0.2) is 0 Å². The maximum atomic E-state index is 4.61. The van der Waals surface area contributed by atoms with Gasteiger partial charge in [0.05, 0.1) is 0 Å². The van der Waals surface area contributed by atoms with Gasteiger partial charge in [-0.3, -0.25) is 0 Å². The predicted molar refractivity (Wildman–Crippen MR) is 178 cm³/mol. The first-order valence-corrected chi connectivity index (χ1v) is 16.0. The Labute approximate surface area is 247 Å². The van der Waals surface area contributed by atoms with Crippen molar-refractivity contribution >= 4 is 49.2 Å². The Morgan fingerprint density at radius 1 is 0.513 bits per heavy atom. The Kier molecular flexibility index (Phi) is 16.4. The Morgan fingerprint density at radius 2 is 0.949 bits per heavy atom. The van der Waals surface area contributed by atoms with E-state index in [4.69, 9.17) is 0 Å². The maximum Gasteiger partial charge on any atom is -0.0196 e. The van der Waals surface area contributed by atoms with Gasteiger partial charge in [-0.15, -0.1) is 24.5 Å². The molecule has 0 amide bonds. The van der Waals surface area contributed by atoms with E-state index < -0.39 is 0 Å². The minimum absolute atomic E-state index is 0.848. The van der Waals surface area contributed by atoms with Crippen molar-refractivity contribution < 1.29 is 0 Å². The predicted octanol–water partition coefficient (Wildman–Crippen LogP) is 11.8. The maximum absolute atomic E-state index is 4.61. The molecule has 0 atom stereocenters. The van der Waals surface area contributed by atoms with Gasteiger partial charge < -0.3 is 10.6 Å². The molecule has 0 aliphatic carbocycles. The molecule has 0 aromatic heterocycles. The summed E-state index contributed by atoms with van der Waals surface area (Å²) in [5, 5.41) is 15.6. The summed E-state index contributed by atoms with van der Waals surface area (Å²) in [4.78, 5) is 0. The number of rotatable bonds is 12. The molecule has 3 heteroatoms. The fourth-order valence-corrected chi connectivity index (χ4v) is 5.07. The third-order valence-electron chi connectivity index (χ3n) is 6.92. The van der Waals surface area contributed by atoms with Crippen molar-refractivity contribution in [1.82, 2.24) is 0 Å². The van der Waals surface area contributed by atoms with Crippen molar-refractivity contribution in [2.24, 2.45) is 0 Å². The summed E-state index contributed by atoms with van der Waals surface area (Å²) in [7, 11) is 0. The van der Waals surface area contributed by atoms with E-state index in [0.717, 1.165) is 25.9 Å².